The fourth-order valence-electron chi connectivity index (χ4n) is 3.48. The second kappa shape index (κ2) is 10.9. The van der Waals surface area contributed by atoms with E-state index < -0.39 is 0 Å². The Morgan fingerprint density at radius 3 is 2.18 bits per heavy atom. The summed E-state index contributed by atoms with van der Waals surface area (Å²) in [5.74, 6) is 0.282. The van der Waals surface area contributed by atoms with Crippen molar-refractivity contribution in [3.8, 4) is 5.69 Å². The number of rotatable bonds is 9. The Morgan fingerprint density at radius 2 is 1.55 bits per heavy atom. The van der Waals surface area contributed by atoms with E-state index in [2.05, 4.69) is 43.5 Å². The van der Waals surface area contributed by atoms with Crippen molar-refractivity contribution in [1.82, 2.24) is 15.1 Å². The molecule has 0 bridgehead atoms. The van der Waals surface area contributed by atoms with Gasteiger partial charge in [-0.3, -0.25) is 9.59 Å². The first-order valence-electron chi connectivity index (χ1n) is 11.5. The van der Waals surface area contributed by atoms with Crippen molar-refractivity contribution in [3.63, 3.8) is 0 Å². The highest BCUT2D eigenvalue weighted by molar-refractivity contribution is 5.92. The molecule has 0 spiro atoms. The number of nitrogens with one attached hydrogen (secondary N) is 2. The van der Waals surface area contributed by atoms with E-state index in [9.17, 15) is 9.59 Å². The number of nitrogens with zero attached hydrogens (tertiary/aromatic N) is 2. The average molecular weight is 447 g/mol. The van der Waals surface area contributed by atoms with Crippen LogP contribution in [-0.2, 0) is 21.4 Å². The third kappa shape index (κ3) is 7.31. The van der Waals surface area contributed by atoms with E-state index in [1.165, 1.54) is 5.56 Å². The van der Waals surface area contributed by atoms with Crippen LogP contribution in [0.3, 0.4) is 0 Å². The molecule has 0 radical (unpaired) electrons. The molecule has 2 aromatic carbocycles. The third-order valence-electron chi connectivity index (χ3n) is 5.44. The van der Waals surface area contributed by atoms with Crippen LogP contribution in [0.4, 0.5) is 5.82 Å². The first kappa shape index (κ1) is 24.2. The smallest absolute Gasteiger partial charge is 0.226 e. The van der Waals surface area contributed by atoms with E-state index >= 15 is 0 Å². The lowest BCUT2D eigenvalue weighted by molar-refractivity contribution is -0.124. The van der Waals surface area contributed by atoms with Crippen LogP contribution in [0.25, 0.3) is 5.69 Å². The van der Waals surface area contributed by atoms with Gasteiger partial charge in [-0.05, 0) is 37.5 Å². The predicted molar refractivity (Wildman–Crippen MR) is 132 cm³/mol. The first-order chi connectivity index (χ1) is 15.7. The largest absolute Gasteiger partial charge is 0.354 e. The Labute approximate surface area is 196 Å². The number of para-hydroxylation sites is 1. The number of anilines is 1. The van der Waals surface area contributed by atoms with E-state index in [0.717, 1.165) is 24.2 Å². The summed E-state index contributed by atoms with van der Waals surface area (Å²) in [5.41, 5.74) is 2.84. The molecule has 3 rings (SSSR count). The van der Waals surface area contributed by atoms with Crippen LogP contribution in [0.15, 0.2) is 66.7 Å². The van der Waals surface area contributed by atoms with Crippen molar-refractivity contribution in [1.29, 1.82) is 0 Å². The van der Waals surface area contributed by atoms with E-state index in [1.807, 2.05) is 61.5 Å². The molecule has 0 fully saturated rings. The Bertz CT molecular complexity index is 1050. The number of aryl methyl sites for hydroxylation is 1. The van der Waals surface area contributed by atoms with Crippen molar-refractivity contribution in [2.75, 3.05) is 5.32 Å². The van der Waals surface area contributed by atoms with Crippen molar-refractivity contribution in [3.05, 3.63) is 78.0 Å². The van der Waals surface area contributed by atoms with E-state index in [-0.39, 0.29) is 36.1 Å². The number of amides is 2. The van der Waals surface area contributed by atoms with E-state index in [4.69, 9.17) is 5.10 Å². The molecule has 1 heterocycles. The molecule has 0 aliphatic heterocycles. The van der Waals surface area contributed by atoms with Crippen molar-refractivity contribution in [2.45, 2.75) is 64.8 Å². The predicted octanol–water partition coefficient (Wildman–Crippen LogP) is 5.03. The molecule has 2 N–H and O–H groups in total. The molecule has 3 aromatic rings. The van der Waals surface area contributed by atoms with Crippen LogP contribution in [0.1, 0.15) is 58.2 Å². The second-order valence-electron chi connectivity index (χ2n) is 9.45. The molecular formula is C27H34N4O2. The molecule has 174 valence electrons. The zero-order chi connectivity index (χ0) is 23.8. The van der Waals surface area contributed by atoms with Crippen LogP contribution >= 0.6 is 0 Å². The molecule has 6 heteroatoms. The zero-order valence-corrected chi connectivity index (χ0v) is 20.0. The molecule has 0 aliphatic carbocycles. The van der Waals surface area contributed by atoms with Gasteiger partial charge in [0.25, 0.3) is 0 Å². The Hall–Kier alpha value is -3.41. The topological polar surface area (TPSA) is 76.0 Å². The third-order valence-corrected chi connectivity index (χ3v) is 5.44. The molecule has 1 atom stereocenters. The summed E-state index contributed by atoms with van der Waals surface area (Å²) in [4.78, 5) is 25.0. The van der Waals surface area contributed by atoms with Gasteiger partial charge in [0, 0.05) is 30.4 Å². The Morgan fingerprint density at radius 1 is 0.939 bits per heavy atom. The van der Waals surface area contributed by atoms with Gasteiger partial charge >= 0.3 is 0 Å². The Kier molecular flexibility index (Phi) is 8.04. The summed E-state index contributed by atoms with van der Waals surface area (Å²) >= 11 is 0. The maximum absolute atomic E-state index is 12.6. The van der Waals surface area contributed by atoms with E-state index in [1.54, 1.807) is 4.68 Å². The maximum atomic E-state index is 12.6. The highest BCUT2D eigenvalue weighted by Gasteiger charge is 2.21. The fraction of sp³-hybridized carbons (Fsp3) is 0.370. The molecule has 0 aliphatic rings. The standard InChI is InChI=1S/C27H34N4O2/c1-20(15-16-21-11-7-5-8-12-21)28-25(32)17-18-26(33)29-24-19-23(27(2,3)4)30-31(24)22-13-9-6-10-14-22/h5-14,19-20H,15-18H2,1-4H3,(H,28,32)(H,29,33). The average Bonchev–Trinajstić information content (AvgIpc) is 3.22. The molecule has 0 saturated heterocycles. The zero-order valence-electron chi connectivity index (χ0n) is 20.0. The van der Waals surface area contributed by atoms with Crippen LogP contribution in [-0.4, -0.2) is 27.6 Å². The molecule has 0 saturated carbocycles. The maximum Gasteiger partial charge on any atom is 0.226 e. The van der Waals surface area contributed by atoms with Gasteiger partial charge in [-0.15, -0.1) is 0 Å². The van der Waals surface area contributed by atoms with Gasteiger partial charge < -0.3 is 10.6 Å². The minimum absolute atomic E-state index is 0.0506. The van der Waals surface area contributed by atoms with Gasteiger partial charge in [0.2, 0.25) is 11.8 Å². The molecule has 33 heavy (non-hydrogen) atoms. The number of hydrogen-bond acceptors (Lipinski definition) is 3. The molecule has 1 aromatic heterocycles. The van der Waals surface area contributed by atoms with Gasteiger partial charge in [-0.2, -0.15) is 5.10 Å². The monoisotopic (exact) mass is 446 g/mol. The lowest BCUT2D eigenvalue weighted by Crippen LogP contribution is -2.33. The minimum Gasteiger partial charge on any atom is -0.354 e. The van der Waals surface area contributed by atoms with Gasteiger partial charge in [-0.25, -0.2) is 4.68 Å². The normalized spacial score (nSPS) is 12.2. The lowest BCUT2D eigenvalue weighted by atomic mass is 9.92. The molecular weight excluding hydrogens is 412 g/mol. The summed E-state index contributed by atoms with van der Waals surface area (Å²) in [7, 11) is 0. The molecule has 1 unspecified atom stereocenters. The van der Waals surface area contributed by atoms with Crippen LogP contribution in [0, 0.1) is 0 Å². The number of hydrogen-bond donors (Lipinski definition) is 2. The number of aromatic nitrogens is 2. The van der Waals surface area contributed by atoms with Gasteiger partial charge in [0.15, 0.2) is 0 Å². The highest BCUT2D eigenvalue weighted by atomic mass is 16.2. The van der Waals surface area contributed by atoms with Crippen LogP contribution in [0.5, 0.6) is 0 Å². The first-order valence-corrected chi connectivity index (χ1v) is 11.5. The highest BCUT2D eigenvalue weighted by Crippen LogP contribution is 2.26. The van der Waals surface area contributed by atoms with Gasteiger partial charge in [0.1, 0.15) is 5.82 Å². The lowest BCUT2D eigenvalue weighted by Gasteiger charge is -2.14. The van der Waals surface area contributed by atoms with Crippen molar-refractivity contribution >= 4 is 17.6 Å². The summed E-state index contributed by atoms with van der Waals surface area (Å²) in [5, 5.41) is 10.6. The minimum atomic E-state index is -0.209. The van der Waals surface area contributed by atoms with Gasteiger partial charge in [0.05, 0.1) is 11.4 Å². The summed E-state index contributed by atoms with van der Waals surface area (Å²) < 4.78 is 1.74. The number of carbonyl (C=O) groups is 2. The molecule has 6 nitrogen and oxygen atoms in total. The van der Waals surface area contributed by atoms with Crippen molar-refractivity contribution < 1.29 is 9.59 Å². The van der Waals surface area contributed by atoms with E-state index in [0.29, 0.717) is 5.82 Å². The summed E-state index contributed by atoms with van der Waals surface area (Å²) in [6.45, 7) is 8.24. The second-order valence-corrected chi connectivity index (χ2v) is 9.45. The van der Waals surface area contributed by atoms with Crippen LogP contribution in [0.2, 0.25) is 0 Å². The summed E-state index contributed by atoms with van der Waals surface area (Å²) in [6, 6.07) is 21.9. The SMILES string of the molecule is CC(CCc1ccccc1)NC(=O)CCC(=O)Nc1cc(C(C)(C)C)nn1-c1ccccc1. The number of benzene rings is 2. The summed E-state index contributed by atoms with van der Waals surface area (Å²) in [6.07, 6.45) is 2.02. The van der Waals surface area contributed by atoms with Crippen molar-refractivity contribution in [2.24, 2.45) is 0 Å². The number of carbonyl (C=O) groups excluding carboxylic acids is 2. The quantitative estimate of drug-likeness (QED) is 0.484. The fourth-order valence-corrected chi connectivity index (χ4v) is 3.48. The van der Waals surface area contributed by atoms with Crippen LogP contribution < -0.4 is 10.6 Å². The molecule has 2 amide bonds. The van der Waals surface area contributed by atoms with Gasteiger partial charge in [-0.1, -0.05) is 69.3 Å². The Balaban J connectivity index is 1.54.